The van der Waals surface area contributed by atoms with Crippen LogP contribution in [0.1, 0.15) is 38.6 Å². The van der Waals surface area contributed by atoms with E-state index < -0.39 is 0 Å². The molecular formula is C14H24N2O. The molecule has 1 rings (SSSR count). The molecule has 2 N–H and O–H groups in total. The van der Waals surface area contributed by atoms with E-state index in [2.05, 4.69) is 18.8 Å². The van der Waals surface area contributed by atoms with Gasteiger partial charge in [-0.15, -0.1) is 0 Å². The fraction of sp³-hybridized carbons (Fsp3) is 0.643. The first-order valence-corrected chi connectivity index (χ1v) is 6.34. The third-order valence-corrected chi connectivity index (χ3v) is 2.54. The molecule has 0 spiro atoms. The number of nitrogens with zero attached hydrogens (tertiary/aromatic N) is 1. The van der Waals surface area contributed by atoms with Gasteiger partial charge in [0.2, 0.25) is 0 Å². The number of nitrogens with two attached hydrogens (primary N) is 1. The molecule has 17 heavy (non-hydrogen) atoms. The molecule has 1 unspecified atom stereocenters. The molecule has 0 radical (unpaired) electrons. The van der Waals surface area contributed by atoms with Crippen molar-refractivity contribution in [1.29, 1.82) is 0 Å². The topological polar surface area (TPSA) is 48.1 Å². The van der Waals surface area contributed by atoms with Crippen LogP contribution in [0.4, 0.5) is 0 Å². The Morgan fingerprint density at radius 2 is 2.00 bits per heavy atom. The number of hydrogen-bond donors (Lipinski definition) is 1. The molecule has 1 aromatic heterocycles. The number of aromatic nitrogens is 1. The maximum Gasteiger partial charge on any atom is 0.140 e. The monoisotopic (exact) mass is 236 g/mol. The average Bonchev–Trinajstić information content (AvgIpc) is 2.20. The lowest BCUT2D eigenvalue weighted by molar-refractivity contribution is 0.285. The zero-order chi connectivity index (χ0) is 12.8. The second-order valence-corrected chi connectivity index (χ2v) is 5.11. The molecule has 0 bridgehead atoms. The highest BCUT2D eigenvalue weighted by Crippen LogP contribution is 2.19. The summed E-state index contributed by atoms with van der Waals surface area (Å²) in [5, 5.41) is 0. The van der Waals surface area contributed by atoms with Crippen LogP contribution in [0.5, 0.6) is 5.75 Å². The molecule has 0 saturated heterocycles. The Balaban J connectivity index is 2.68. The quantitative estimate of drug-likeness (QED) is 0.826. The predicted octanol–water partition coefficient (Wildman–Crippen LogP) is 2.70. The Morgan fingerprint density at radius 1 is 1.29 bits per heavy atom. The normalized spacial score (nSPS) is 12.8. The summed E-state index contributed by atoms with van der Waals surface area (Å²) in [5.41, 5.74) is 7.81. The molecule has 0 aliphatic carbocycles. The van der Waals surface area contributed by atoms with Gasteiger partial charge in [0, 0.05) is 18.2 Å². The van der Waals surface area contributed by atoms with Crippen molar-refractivity contribution in [3.05, 3.63) is 23.5 Å². The molecular weight excluding hydrogens is 212 g/mol. The van der Waals surface area contributed by atoms with E-state index in [0.717, 1.165) is 36.6 Å². The van der Waals surface area contributed by atoms with Gasteiger partial charge in [-0.25, -0.2) is 0 Å². The minimum atomic E-state index is 0.108. The zero-order valence-electron chi connectivity index (χ0n) is 11.4. The Labute approximate surface area is 104 Å². The Morgan fingerprint density at radius 3 is 2.59 bits per heavy atom. The van der Waals surface area contributed by atoms with E-state index in [-0.39, 0.29) is 6.04 Å². The van der Waals surface area contributed by atoms with Crippen LogP contribution in [0.25, 0.3) is 0 Å². The van der Waals surface area contributed by atoms with Crippen LogP contribution < -0.4 is 10.5 Å². The SMILES string of the molecule is Cc1ccc(OCCC(C)C)c(CC(C)N)n1. The van der Waals surface area contributed by atoms with Gasteiger partial charge in [0.1, 0.15) is 5.75 Å². The average molecular weight is 236 g/mol. The van der Waals surface area contributed by atoms with Crippen molar-refractivity contribution < 1.29 is 4.74 Å². The Bertz CT molecular complexity index is 348. The van der Waals surface area contributed by atoms with Crippen molar-refractivity contribution >= 4 is 0 Å². The lowest BCUT2D eigenvalue weighted by Crippen LogP contribution is -2.19. The minimum absolute atomic E-state index is 0.108. The van der Waals surface area contributed by atoms with Crippen LogP contribution in [0, 0.1) is 12.8 Å². The summed E-state index contributed by atoms with van der Waals surface area (Å²) in [5.74, 6) is 1.54. The first-order chi connectivity index (χ1) is 7.99. The molecule has 1 heterocycles. The molecule has 0 aromatic carbocycles. The highest BCUT2D eigenvalue weighted by atomic mass is 16.5. The maximum absolute atomic E-state index is 5.82. The van der Waals surface area contributed by atoms with Gasteiger partial charge in [-0.1, -0.05) is 13.8 Å². The van der Waals surface area contributed by atoms with E-state index in [1.54, 1.807) is 0 Å². The number of rotatable bonds is 6. The fourth-order valence-electron chi connectivity index (χ4n) is 1.58. The van der Waals surface area contributed by atoms with Crippen molar-refractivity contribution in [3.63, 3.8) is 0 Å². The van der Waals surface area contributed by atoms with Gasteiger partial charge in [-0.2, -0.15) is 0 Å². The number of pyridine rings is 1. The molecule has 1 atom stereocenters. The van der Waals surface area contributed by atoms with E-state index in [0.29, 0.717) is 5.92 Å². The largest absolute Gasteiger partial charge is 0.492 e. The summed E-state index contributed by atoms with van der Waals surface area (Å²) in [6, 6.07) is 4.09. The molecule has 3 heteroatoms. The smallest absolute Gasteiger partial charge is 0.140 e. The third-order valence-electron chi connectivity index (χ3n) is 2.54. The first kappa shape index (κ1) is 14.0. The molecule has 0 aliphatic rings. The minimum Gasteiger partial charge on any atom is -0.492 e. The van der Waals surface area contributed by atoms with Gasteiger partial charge >= 0.3 is 0 Å². The van der Waals surface area contributed by atoms with E-state index in [9.17, 15) is 0 Å². The summed E-state index contributed by atoms with van der Waals surface area (Å²) >= 11 is 0. The van der Waals surface area contributed by atoms with Crippen molar-refractivity contribution in [2.45, 2.75) is 46.6 Å². The molecule has 0 fully saturated rings. The molecule has 0 saturated carbocycles. The standard InChI is InChI=1S/C14H24N2O/c1-10(2)7-8-17-14-6-5-12(4)16-13(14)9-11(3)15/h5-6,10-11H,7-9,15H2,1-4H3. The summed E-state index contributed by atoms with van der Waals surface area (Å²) in [4.78, 5) is 4.51. The highest BCUT2D eigenvalue weighted by molar-refractivity contribution is 5.29. The second kappa shape index (κ2) is 6.60. The summed E-state index contributed by atoms with van der Waals surface area (Å²) in [6.07, 6.45) is 1.82. The first-order valence-electron chi connectivity index (χ1n) is 6.34. The molecule has 0 amide bonds. The second-order valence-electron chi connectivity index (χ2n) is 5.11. The van der Waals surface area contributed by atoms with Crippen molar-refractivity contribution in [3.8, 4) is 5.75 Å². The van der Waals surface area contributed by atoms with Gasteiger partial charge in [0.25, 0.3) is 0 Å². The van der Waals surface area contributed by atoms with Gasteiger partial charge < -0.3 is 10.5 Å². The van der Waals surface area contributed by atoms with Gasteiger partial charge in [0.15, 0.2) is 0 Å². The van der Waals surface area contributed by atoms with Crippen LogP contribution in [-0.2, 0) is 6.42 Å². The van der Waals surface area contributed by atoms with Crippen molar-refractivity contribution in [2.75, 3.05) is 6.61 Å². The van der Waals surface area contributed by atoms with Crippen LogP contribution in [0.3, 0.4) is 0 Å². The third kappa shape index (κ3) is 5.18. The van der Waals surface area contributed by atoms with E-state index in [1.807, 2.05) is 26.0 Å². The Hall–Kier alpha value is -1.09. The fourth-order valence-corrected chi connectivity index (χ4v) is 1.58. The zero-order valence-corrected chi connectivity index (χ0v) is 11.4. The molecule has 96 valence electrons. The lowest BCUT2D eigenvalue weighted by atomic mass is 10.1. The van der Waals surface area contributed by atoms with Crippen LogP contribution in [0.2, 0.25) is 0 Å². The highest BCUT2D eigenvalue weighted by Gasteiger charge is 2.08. The van der Waals surface area contributed by atoms with Crippen molar-refractivity contribution in [1.82, 2.24) is 4.98 Å². The van der Waals surface area contributed by atoms with Crippen LogP contribution in [-0.4, -0.2) is 17.6 Å². The molecule has 0 aliphatic heterocycles. The molecule has 1 aromatic rings. The van der Waals surface area contributed by atoms with E-state index in [1.165, 1.54) is 0 Å². The van der Waals surface area contributed by atoms with Crippen LogP contribution in [0.15, 0.2) is 12.1 Å². The van der Waals surface area contributed by atoms with E-state index >= 15 is 0 Å². The summed E-state index contributed by atoms with van der Waals surface area (Å²) in [6.45, 7) is 9.11. The number of hydrogen-bond acceptors (Lipinski definition) is 3. The van der Waals surface area contributed by atoms with E-state index in [4.69, 9.17) is 10.5 Å². The van der Waals surface area contributed by atoms with Crippen molar-refractivity contribution in [2.24, 2.45) is 11.7 Å². The number of aryl methyl sites for hydroxylation is 1. The Kier molecular flexibility index (Phi) is 5.42. The number of ether oxygens (including phenoxy) is 1. The summed E-state index contributed by atoms with van der Waals surface area (Å²) in [7, 11) is 0. The predicted molar refractivity (Wildman–Crippen MR) is 71.3 cm³/mol. The summed E-state index contributed by atoms with van der Waals surface area (Å²) < 4.78 is 5.79. The van der Waals surface area contributed by atoms with Gasteiger partial charge in [-0.05, 0) is 38.3 Å². The molecule has 3 nitrogen and oxygen atoms in total. The van der Waals surface area contributed by atoms with Gasteiger partial charge in [-0.3, -0.25) is 4.98 Å². The van der Waals surface area contributed by atoms with Crippen LogP contribution >= 0.6 is 0 Å². The lowest BCUT2D eigenvalue weighted by Gasteiger charge is -2.13. The maximum atomic E-state index is 5.82. The van der Waals surface area contributed by atoms with Gasteiger partial charge in [0.05, 0.1) is 12.3 Å².